The SMILES string of the molecule is CNCCC#Cc1cc(F)cc(F)c1[N+](=O)[O-]. The summed E-state index contributed by atoms with van der Waals surface area (Å²) in [4.78, 5) is 9.70. The fourth-order valence-corrected chi connectivity index (χ4v) is 1.19. The van der Waals surface area contributed by atoms with Crippen molar-refractivity contribution in [3.63, 3.8) is 0 Å². The molecule has 0 fully saturated rings. The Morgan fingerprint density at radius 3 is 2.76 bits per heavy atom. The average molecular weight is 240 g/mol. The molecule has 0 radical (unpaired) electrons. The van der Waals surface area contributed by atoms with E-state index in [4.69, 9.17) is 0 Å². The summed E-state index contributed by atoms with van der Waals surface area (Å²) in [6.45, 7) is 0.596. The summed E-state index contributed by atoms with van der Waals surface area (Å²) in [5, 5.41) is 13.4. The lowest BCUT2D eigenvalue weighted by molar-refractivity contribution is -0.387. The Kier molecular flexibility index (Phi) is 4.55. The van der Waals surface area contributed by atoms with Crippen LogP contribution in [0.3, 0.4) is 0 Å². The van der Waals surface area contributed by atoms with Crippen LogP contribution in [0.4, 0.5) is 14.5 Å². The summed E-state index contributed by atoms with van der Waals surface area (Å²) in [5.74, 6) is 2.90. The molecule has 0 atom stereocenters. The molecular formula is C11H10F2N2O2. The predicted octanol–water partition coefficient (Wildman–Crippen LogP) is 1.83. The Morgan fingerprint density at radius 1 is 1.47 bits per heavy atom. The van der Waals surface area contributed by atoms with Crippen LogP contribution in [0.25, 0.3) is 0 Å². The summed E-state index contributed by atoms with van der Waals surface area (Å²) in [6, 6.07) is 1.32. The lowest BCUT2D eigenvalue weighted by Crippen LogP contribution is -2.06. The molecule has 0 amide bonds. The van der Waals surface area contributed by atoms with Gasteiger partial charge in [0.1, 0.15) is 11.4 Å². The van der Waals surface area contributed by atoms with E-state index in [1.807, 2.05) is 0 Å². The topological polar surface area (TPSA) is 55.2 Å². The molecule has 0 aromatic heterocycles. The molecule has 1 N–H and O–H groups in total. The van der Waals surface area contributed by atoms with Crippen molar-refractivity contribution in [2.45, 2.75) is 6.42 Å². The van der Waals surface area contributed by atoms with Crippen molar-refractivity contribution in [2.24, 2.45) is 0 Å². The van der Waals surface area contributed by atoms with Crippen LogP contribution in [0.5, 0.6) is 0 Å². The van der Waals surface area contributed by atoms with Gasteiger partial charge < -0.3 is 5.32 Å². The number of nitrogens with one attached hydrogen (secondary N) is 1. The Labute approximate surface area is 96.8 Å². The van der Waals surface area contributed by atoms with Gasteiger partial charge >= 0.3 is 5.69 Å². The zero-order valence-electron chi connectivity index (χ0n) is 9.09. The summed E-state index contributed by atoms with van der Waals surface area (Å²) in [6.07, 6.45) is 0.436. The Bertz CT molecular complexity index is 492. The van der Waals surface area contributed by atoms with Crippen LogP contribution in [0.2, 0.25) is 0 Å². The van der Waals surface area contributed by atoms with E-state index in [1.165, 1.54) is 0 Å². The molecule has 0 heterocycles. The maximum Gasteiger partial charge on any atom is 0.320 e. The van der Waals surface area contributed by atoms with Crippen molar-refractivity contribution >= 4 is 5.69 Å². The van der Waals surface area contributed by atoms with E-state index in [1.54, 1.807) is 7.05 Å². The van der Waals surface area contributed by atoms with Gasteiger partial charge in [0.2, 0.25) is 5.82 Å². The number of rotatable bonds is 3. The van der Waals surface area contributed by atoms with Gasteiger partial charge in [0.05, 0.1) is 4.92 Å². The van der Waals surface area contributed by atoms with Gasteiger partial charge in [-0.2, -0.15) is 4.39 Å². The van der Waals surface area contributed by atoms with Crippen LogP contribution in [-0.4, -0.2) is 18.5 Å². The second-order valence-electron chi connectivity index (χ2n) is 3.20. The third kappa shape index (κ3) is 3.50. The number of nitrogens with zero attached hydrogens (tertiary/aromatic N) is 1. The van der Waals surface area contributed by atoms with E-state index >= 15 is 0 Å². The van der Waals surface area contributed by atoms with Gasteiger partial charge in [-0.1, -0.05) is 11.8 Å². The zero-order chi connectivity index (χ0) is 12.8. The van der Waals surface area contributed by atoms with Gasteiger partial charge in [0.15, 0.2) is 0 Å². The van der Waals surface area contributed by atoms with E-state index in [0.29, 0.717) is 19.0 Å². The Balaban J connectivity index is 3.11. The highest BCUT2D eigenvalue weighted by molar-refractivity contribution is 5.52. The van der Waals surface area contributed by atoms with Crippen LogP contribution in [0, 0.1) is 33.6 Å². The molecule has 1 aromatic rings. The van der Waals surface area contributed by atoms with Gasteiger partial charge in [-0.3, -0.25) is 10.1 Å². The summed E-state index contributed by atoms with van der Waals surface area (Å²) in [5.41, 5.74) is -1.04. The van der Waals surface area contributed by atoms with E-state index in [0.717, 1.165) is 6.07 Å². The number of nitro benzene ring substituents is 1. The van der Waals surface area contributed by atoms with Gasteiger partial charge in [0, 0.05) is 19.0 Å². The van der Waals surface area contributed by atoms with Gasteiger partial charge in [-0.05, 0) is 13.1 Å². The molecule has 0 saturated heterocycles. The van der Waals surface area contributed by atoms with Crippen LogP contribution >= 0.6 is 0 Å². The maximum atomic E-state index is 13.2. The fourth-order valence-electron chi connectivity index (χ4n) is 1.19. The zero-order valence-corrected chi connectivity index (χ0v) is 9.09. The molecule has 0 saturated carbocycles. The van der Waals surface area contributed by atoms with Gasteiger partial charge in [0.25, 0.3) is 0 Å². The maximum absolute atomic E-state index is 13.2. The summed E-state index contributed by atoms with van der Waals surface area (Å²) in [7, 11) is 1.73. The van der Waals surface area contributed by atoms with Crippen LogP contribution in [-0.2, 0) is 0 Å². The molecule has 0 aliphatic carbocycles. The number of hydrogen-bond donors (Lipinski definition) is 1. The second-order valence-corrected chi connectivity index (χ2v) is 3.20. The molecule has 90 valence electrons. The molecule has 0 aliphatic rings. The van der Waals surface area contributed by atoms with Crippen molar-refractivity contribution in [2.75, 3.05) is 13.6 Å². The lowest BCUT2D eigenvalue weighted by Gasteiger charge is -1.97. The predicted molar refractivity (Wildman–Crippen MR) is 58.4 cm³/mol. The van der Waals surface area contributed by atoms with Crippen LogP contribution < -0.4 is 5.32 Å². The van der Waals surface area contributed by atoms with Gasteiger partial charge in [-0.25, -0.2) is 4.39 Å². The summed E-state index contributed by atoms with van der Waals surface area (Å²) >= 11 is 0. The normalized spacial score (nSPS) is 9.59. The number of halogens is 2. The second kappa shape index (κ2) is 5.92. The highest BCUT2D eigenvalue weighted by Crippen LogP contribution is 2.23. The first-order valence-corrected chi connectivity index (χ1v) is 4.83. The fraction of sp³-hybridized carbons (Fsp3) is 0.273. The van der Waals surface area contributed by atoms with E-state index in [-0.39, 0.29) is 5.56 Å². The highest BCUT2D eigenvalue weighted by Gasteiger charge is 2.20. The molecule has 0 aliphatic heterocycles. The van der Waals surface area contributed by atoms with Crippen molar-refractivity contribution in [1.82, 2.24) is 5.32 Å². The monoisotopic (exact) mass is 240 g/mol. The standard InChI is InChI=1S/C11H10F2N2O2/c1-14-5-3-2-4-8-6-9(12)7-10(13)11(8)15(16)17/h6-7,14H,3,5H2,1H3. The largest absolute Gasteiger partial charge is 0.320 e. The first-order chi connectivity index (χ1) is 8.06. The van der Waals surface area contributed by atoms with Crippen molar-refractivity contribution in [3.8, 4) is 11.8 Å². The molecule has 6 heteroatoms. The smallest absolute Gasteiger partial charge is 0.319 e. The molecular weight excluding hydrogens is 230 g/mol. The average Bonchev–Trinajstić information content (AvgIpc) is 2.22. The number of nitro groups is 1. The minimum atomic E-state index is -1.21. The van der Waals surface area contributed by atoms with Gasteiger partial charge in [-0.15, -0.1) is 0 Å². The van der Waals surface area contributed by atoms with Crippen molar-refractivity contribution < 1.29 is 13.7 Å². The van der Waals surface area contributed by atoms with Crippen molar-refractivity contribution in [1.29, 1.82) is 0 Å². The first-order valence-electron chi connectivity index (χ1n) is 4.83. The van der Waals surface area contributed by atoms with Crippen LogP contribution in [0.1, 0.15) is 12.0 Å². The molecule has 4 nitrogen and oxygen atoms in total. The number of benzene rings is 1. The third-order valence-electron chi connectivity index (χ3n) is 1.93. The highest BCUT2D eigenvalue weighted by atomic mass is 19.1. The lowest BCUT2D eigenvalue weighted by atomic mass is 10.1. The Hall–Kier alpha value is -2.00. The summed E-state index contributed by atoms with van der Waals surface area (Å²) < 4.78 is 26.1. The molecule has 17 heavy (non-hydrogen) atoms. The Morgan fingerprint density at radius 2 is 2.18 bits per heavy atom. The van der Waals surface area contributed by atoms with E-state index < -0.39 is 22.2 Å². The molecule has 0 unspecified atom stereocenters. The minimum absolute atomic E-state index is 0.247. The van der Waals surface area contributed by atoms with E-state index in [2.05, 4.69) is 17.2 Å². The quantitative estimate of drug-likeness (QED) is 0.379. The molecule has 0 spiro atoms. The molecule has 0 bridgehead atoms. The number of hydrogen-bond acceptors (Lipinski definition) is 3. The molecule has 1 aromatic carbocycles. The van der Waals surface area contributed by atoms with E-state index in [9.17, 15) is 18.9 Å². The van der Waals surface area contributed by atoms with Crippen LogP contribution in [0.15, 0.2) is 12.1 Å². The third-order valence-corrected chi connectivity index (χ3v) is 1.93. The first kappa shape index (κ1) is 13.1. The minimum Gasteiger partial charge on any atom is -0.319 e. The van der Waals surface area contributed by atoms with Crippen molar-refractivity contribution in [3.05, 3.63) is 39.4 Å². The molecule has 1 rings (SSSR count).